The van der Waals surface area contributed by atoms with Crippen molar-refractivity contribution in [2.75, 3.05) is 24.5 Å². The quantitative estimate of drug-likeness (QED) is 0.799. The van der Waals surface area contributed by atoms with Crippen LogP contribution in [0.25, 0.3) is 0 Å². The van der Waals surface area contributed by atoms with Gasteiger partial charge in [-0.3, -0.25) is 0 Å². The molecule has 1 unspecified atom stereocenters. The number of nitrogens with one attached hydrogen (secondary N) is 2. The van der Waals surface area contributed by atoms with Gasteiger partial charge in [-0.05, 0) is 31.9 Å². The lowest BCUT2D eigenvalue weighted by Gasteiger charge is -2.19. The van der Waals surface area contributed by atoms with Gasteiger partial charge < -0.3 is 20.1 Å². The molecule has 2 amide bonds. The highest BCUT2D eigenvalue weighted by Gasteiger charge is 2.23. The number of hydrogen-bond acceptors (Lipinski definition) is 3. The molecule has 1 saturated heterocycles. The molecule has 6 heteroatoms. The molecule has 0 aliphatic carbocycles. The van der Waals surface area contributed by atoms with E-state index in [1.807, 2.05) is 31.3 Å². The van der Waals surface area contributed by atoms with Crippen molar-refractivity contribution in [1.29, 1.82) is 0 Å². The number of aromatic nitrogens is 2. The normalized spacial score (nSPS) is 17.0. The maximum atomic E-state index is 12.0. The van der Waals surface area contributed by atoms with Crippen molar-refractivity contribution in [3.63, 3.8) is 0 Å². The number of hydrogen-bond donors (Lipinski definition) is 2. The summed E-state index contributed by atoms with van der Waals surface area (Å²) in [7, 11) is 0. The van der Waals surface area contributed by atoms with E-state index in [2.05, 4.69) is 37.2 Å². The lowest BCUT2D eigenvalue weighted by molar-refractivity contribution is 0.237. The van der Waals surface area contributed by atoms with Gasteiger partial charge in [-0.2, -0.15) is 0 Å². The first-order valence-electron chi connectivity index (χ1n) is 8.54. The second-order valence-corrected chi connectivity index (χ2v) is 6.19. The number of carbonyl (C=O) groups is 1. The first-order chi connectivity index (χ1) is 11.7. The Morgan fingerprint density at radius 2 is 2.17 bits per heavy atom. The minimum atomic E-state index is -0.0720. The number of benzene rings is 1. The van der Waals surface area contributed by atoms with E-state index in [1.165, 1.54) is 5.69 Å². The summed E-state index contributed by atoms with van der Waals surface area (Å²) in [4.78, 5) is 18.5. The van der Waals surface area contributed by atoms with Crippen molar-refractivity contribution in [1.82, 2.24) is 20.2 Å². The standard InChI is InChI=1S/C18H25N5O/c1-15-19-10-13-22(15)11-5-9-20-18(24)21-16-8-12-23(14-16)17-6-3-2-4-7-17/h2-4,6-7,10,13,16H,5,8-9,11-12,14H2,1H3,(H2,20,21,24). The predicted octanol–water partition coefficient (Wildman–Crippen LogP) is 2.16. The van der Waals surface area contributed by atoms with Crippen LogP contribution in [0, 0.1) is 6.92 Å². The minimum Gasteiger partial charge on any atom is -0.369 e. The summed E-state index contributed by atoms with van der Waals surface area (Å²) in [5, 5.41) is 6.02. The van der Waals surface area contributed by atoms with Crippen LogP contribution >= 0.6 is 0 Å². The van der Waals surface area contributed by atoms with E-state index in [0.29, 0.717) is 6.54 Å². The molecule has 1 aromatic heterocycles. The summed E-state index contributed by atoms with van der Waals surface area (Å²) in [6, 6.07) is 10.5. The van der Waals surface area contributed by atoms with Gasteiger partial charge in [-0.25, -0.2) is 9.78 Å². The van der Waals surface area contributed by atoms with Crippen LogP contribution in [0.3, 0.4) is 0 Å². The molecule has 2 N–H and O–H groups in total. The van der Waals surface area contributed by atoms with Crippen molar-refractivity contribution in [3.05, 3.63) is 48.5 Å². The summed E-state index contributed by atoms with van der Waals surface area (Å²) in [5.74, 6) is 1.01. The lowest BCUT2D eigenvalue weighted by atomic mass is 10.3. The average Bonchev–Trinajstić information content (AvgIpc) is 3.22. The Kier molecular flexibility index (Phi) is 5.36. The molecule has 1 aliphatic rings. The van der Waals surface area contributed by atoms with Crippen LogP contribution in [0.2, 0.25) is 0 Å². The van der Waals surface area contributed by atoms with E-state index in [4.69, 9.17) is 0 Å². The van der Waals surface area contributed by atoms with E-state index in [1.54, 1.807) is 6.20 Å². The zero-order valence-corrected chi connectivity index (χ0v) is 14.1. The molecule has 0 bridgehead atoms. The summed E-state index contributed by atoms with van der Waals surface area (Å²) in [6.07, 6.45) is 5.64. The molecule has 1 aromatic carbocycles. The molecule has 2 heterocycles. The van der Waals surface area contributed by atoms with Gasteiger partial charge in [-0.15, -0.1) is 0 Å². The third-order valence-electron chi connectivity index (χ3n) is 4.43. The Bertz CT molecular complexity index is 654. The topological polar surface area (TPSA) is 62.2 Å². The van der Waals surface area contributed by atoms with Crippen LogP contribution in [0.4, 0.5) is 10.5 Å². The molecule has 128 valence electrons. The highest BCUT2D eigenvalue weighted by molar-refractivity contribution is 5.74. The van der Waals surface area contributed by atoms with Gasteiger partial charge in [0.15, 0.2) is 0 Å². The molecular weight excluding hydrogens is 302 g/mol. The van der Waals surface area contributed by atoms with Crippen LogP contribution in [-0.4, -0.2) is 41.3 Å². The largest absolute Gasteiger partial charge is 0.369 e. The summed E-state index contributed by atoms with van der Waals surface area (Å²) >= 11 is 0. The fourth-order valence-corrected chi connectivity index (χ4v) is 3.08. The highest BCUT2D eigenvalue weighted by atomic mass is 16.2. The van der Waals surface area contributed by atoms with Gasteiger partial charge in [0.25, 0.3) is 0 Å². The number of anilines is 1. The molecule has 1 aliphatic heterocycles. The second kappa shape index (κ2) is 7.86. The molecule has 2 aromatic rings. The fourth-order valence-electron chi connectivity index (χ4n) is 3.08. The monoisotopic (exact) mass is 327 g/mol. The number of amides is 2. The van der Waals surface area contributed by atoms with Gasteiger partial charge in [0.1, 0.15) is 5.82 Å². The van der Waals surface area contributed by atoms with Crippen LogP contribution in [0.15, 0.2) is 42.7 Å². The van der Waals surface area contributed by atoms with Gasteiger partial charge in [0.05, 0.1) is 0 Å². The van der Waals surface area contributed by atoms with E-state index in [0.717, 1.165) is 38.3 Å². The maximum absolute atomic E-state index is 12.0. The predicted molar refractivity (Wildman–Crippen MR) is 95.2 cm³/mol. The van der Waals surface area contributed by atoms with Gasteiger partial charge in [-0.1, -0.05) is 18.2 Å². The third-order valence-corrected chi connectivity index (χ3v) is 4.43. The number of aryl methyl sites for hydroxylation is 2. The highest BCUT2D eigenvalue weighted by Crippen LogP contribution is 2.19. The SMILES string of the molecule is Cc1nccn1CCCNC(=O)NC1CCN(c2ccccc2)C1. The molecule has 1 atom stereocenters. The molecule has 0 saturated carbocycles. The minimum absolute atomic E-state index is 0.0720. The van der Waals surface area contributed by atoms with Gasteiger partial charge in [0, 0.05) is 50.3 Å². The second-order valence-electron chi connectivity index (χ2n) is 6.19. The summed E-state index contributed by atoms with van der Waals surface area (Å²) in [5.41, 5.74) is 1.22. The molecule has 3 rings (SSSR count). The first kappa shape index (κ1) is 16.4. The molecule has 0 radical (unpaired) electrons. The number of nitrogens with zero attached hydrogens (tertiary/aromatic N) is 3. The summed E-state index contributed by atoms with van der Waals surface area (Å²) in [6.45, 7) is 5.37. The van der Waals surface area contributed by atoms with Crippen LogP contribution < -0.4 is 15.5 Å². The average molecular weight is 327 g/mol. The smallest absolute Gasteiger partial charge is 0.315 e. The zero-order chi connectivity index (χ0) is 16.8. The van der Waals surface area contributed by atoms with Crippen LogP contribution in [0.1, 0.15) is 18.7 Å². The van der Waals surface area contributed by atoms with E-state index >= 15 is 0 Å². The number of urea groups is 1. The van der Waals surface area contributed by atoms with Crippen molar-refractivity contribution in [2.24, 2.45) is 0 Å². The zero-order valence-electron chi connectivity index (χ0n) is 14.1. The van der Waals surface area contributed by atoms with Gasteiger partial charge in [0.2, 0.25) is 0 Å². The number of imidazole rings is 1. The molecule has 1 fully saturated rings. The Hall–Kier alpha value is -2.50. The molecule has 6 nitrogen and oxygen atoms in total. The molecule has 0 spiro atoms. The summed E-state index contributed by atoms with van der Waals surface area (Å²) < 4.78 is 2.09. The third kappa shape index (κ3) is 4.28. The number of carbonyl (C=O) groups excluding carboxylic acids is 1. The fraction of sp³-hybridized carbons (Fsp3) is 0.444. The van der Waals surface area contributed by atoms with Crippen molar-refractivity contribution in [2.45, 2.75) is 32.4 Å². The maximum Gasteiger partial charge on any atom is 0.315 e. The van der Waals surface area contributed by atoms with E-state index in [9.17, 15) is 4.79 Å². The van der Waals surface area contributed by atoms with E-state index in [-0.39, 0.29) is 12.1 Å². The number of rotatable bonds is 6. The number of para-hydroxylation sites is 1. The Balaban J connectivity index is 1.35. The molecule has 24 heavy (non-hydrogen) atoms. The lowest BCUT2D eigenvalue weighted by Crippen LogP contribution is -2.43. The molecular formula is C18H25N5O. The Labute approximate surface area is 142 Å². The Morgan fingerprint density at radius 1 is 1.33 bits per heavy atom. The van der Waals surface area contributed by atoms with Crippen molar-refractivity contribution < 1.29 is 4.79 Å². The van der Waals surface area contributed by atoms with E-state index < -0.39 is 0 Å². The van der Waals surface area contributed by atoms with Crippen molar-refractivity contribution >= 4 is 11.7 Å². The van der Waals surface area contributed by atoms with Crippen LogP contribution in [0.5, 0.6) is 0 Å². The Morgan fingerprint density at radius 3 is 2.92 bits per heavy atom. The van der Waals surface area contributed by atoms with Gasteiger partial charge >= 0.3 is 6.03 Å². The van der Waals surface area contributed by atoms with Crippen molar-refractivity contribution in [3.8, 4) is 0 Å². The van der Waals surface area contributed by atoms with Crippen LogP contribution in [-0.2, 0) is 6.54 Å². The first-order valence-corrected chi connectivity index (χ1v) is 8.54.